The van der Waals surface area contributed by atoms with Gasteiger partial charge in [-0.25, -0.2) is 8.42 Å². The largest absolute Gasteiger partial charge is 0.349 e. The smallest absolute Gasteiger partial charge is 0.261 e. The first-order chi connectivity index (χ1) is 16.3. The van der Waals surface area contributed by atoms with Gasteiger partial charge in [0, 0.05) is 43.1 Å². The summed E-state index contributed by atoms with van der Waals surface area (Å²) in [7, 11) is -3.81. The van der Waals surface area contributed by atoms with Crippen molar-refractivity contribution in [3.63, 3.8) is 0 Å². The summed E-state index contributed by atoms with van der Waals surface area (Å²) in [5.41, 5.74) is 3.68. The van der Waals surface area contributed by atoms with Gasteiger partial charge >= 0.3 is 0 Å². The summed E-state index contributed by atoms with van der Waals surface area (Å²) in [5.74, 6) is -0.243. The number of piperidine rings is 1. The maximum absolute atomic E-state index is 13.0. The molecule has 1 amide bonds. The number of nitrogens with zero attached hydrogens (tertiary/aromatic N) is 2. The van der Waals surface area contributed by atoms with Crippen LogP contribution in [0.25, 0.3) is 0 Å². The quantitative estimate of drug-likeness (QED) is 0.538. The minimum atomic E-state index is -3.81. The summed E-state index contributed by atoms with van der Waals surface area (Å²) >= 11 is 0. The third-order valence-corrected chi connectivity index (χ3v) is 7.48. The van der Waals surface area contributed by atoms with Gasteiger partial charge < -0.3 is 5.32 Å². The SMILES string of the molecule is Cc1ccc(NS(=O)(=O)c2ccc(C)c(C(=O)NC3CCN(Cc4ccccn4)CC3)c2)cc1. The Kier molecular flexibility index (Phi) is 7.29. The Bertz CT molecular complexity index is 1240. The first-order valence-corrected chi connectivity index (χ1v) is 12.9. The van der Waals surface area contributed by atoms with Crippen molar-refractivity contribution in [2.24, 2.45) is 0 Å². The number of pyridine rings is 1. The normalized spacial score (nSPS) is 15.1. The molecule has 1 aromatic heterocycles. The van der Waals surface area contributed by atoms with Gasteiger partial charge in [0.1, 0.15) is 0 Å². The zero-order valence-corrected chi connectivity index (χ0v) is 20.3. The maximum atomic E-state index is 13.0. The molecule has 2 N–H and O–H groups in total. The third-order valence-electron chi connectivity index (χ3n) is 6.10. The fourth-order valence-electron chi connectivity index (χ4n) is 4.07. The second-order valence-electron chi connectivity index (χ2n) is 8.79. The van der Waals surface area contributed by atoms with Crippen LogP contribution in [0, 0.1) is 13.8 Å². The van der Waals surface area contributed by atoms with Gasteiger partial charge in [-0.15, -0.1) is 0 Å². The molecule has 0 unspecified atom stereocenters. The highest BCUT2D eigenvalue weighted by atomic mass is 32.2. The number of benzene rings is 2. The van der Waals surface area contributed by atoms with Crippen molar-refractivity contribution in [1.29, 1.82) is 0 Å². The highest BCUT2D eigenvalue weighted by molar-refractivity contribution is 7.92. The number of hydrogen-bond acceptors (Lipinski definition) is 5. The molecular formula is C26H30N4O3S. The van der Waals surface area contributed by atoms with Gasteiger partial charge in [-0.1, -0.05) is 29.8 Å². The number of sulfonamides is 1. The summed E-state index contributed by atoms with van der Waals surface area (Å²) in [5, 5.41) is 3.10. The van der Waals surface area contributed by atoms with Crippen molar-refractivity contribution in [1.82, 2.24) is 15.2 Å². The van der Waals surface area contributed by atoms with Crippen LogP contribution in [0.5, 0.6) is 0 Å². The molecule has 178 valence electrons. The molecule has 0 saturated carbocycles. The third kappa shape index (κ3) is 6.01. The molecule has 7 nitrogen and oxygen atoms in total. The molecule has 1 fully saturated rings. The number of rotatable bonds is 7. The Balaban J connectivity index is 1.39. The molecule has 0 spiro atoms. The van der Waals surface area contributed by atoms with E-state index in [1.807, 2.05) is 44.2 Å². The molecule has 1 saturated heterocycles. The summed E-state index contributed by atoms with van der Waals surface area (Å²) in [6.07, 6.45) is 3.48. The Labute approximate surface area is 201 Å². The predicted molar refractivity (Wildman–Crippen MR) is 133 cm³/mol. The van der Waals surface area contributed by atoms with E-state index in [1.165, 1.54) is 12.1 Å². The van der Waals surface area contributed by atoms with E-state index in [0.717, 1.165) is 49.3 Å². The number of aromatic nitrogens is 1. The van der Waals surface area contributed by atoms with Crippen LogP contribution >= 0.6 is 0 Å². The zero-order chi connectivity index (χ0) is 24.1. The summed E-state index contributed by atoms with van der Waals surface area (Å²) in [6.45, 7) is 6.29. The molecule has 3 aromatic rings. The number of hydrogen-bond donors (Lipinski definition) is 2. The van der Waals surface area contributed by atoms with Gasteiger partial charge in [0.05, 0.1) is 10.6 Å². The summed E-state index contributed by atoms with van der Waals surface area (Å²) in [4.78, 5) is 19.8. The number of likely N-dealkylation sites (tertiary alicyclic amines) is 1. The van der Waals surface area contributed by atoms with Gasteiger partial charge in [-0.05, 0) is 68.7 Å². The van der Waals surface area contributed by atoms with Crippen LogP contribution in [0.15, 0.2) is 71.8 Å². The molecule has 1 aliphatic heterocycles. The van der Waals surface area contributed by atoms with Crippen LogP contribution in [0.4, 0.5) is 5.69 Å². The second kappa shape index (κ2) is 10.4. The lowest BCUT2D eigenvalue weighted by atomic mass is 10.0. The maximum Gasteiger partial charge on any atom is 0.261 e. The van der Waals surface area contributed by atoms with Crippen molar-refractivity contribution in [3.8, 4) is 0 Å². The predicted octanol–water partition coefficient (Wildman–Crippen LogP) is 3.89. The van der Waals surface area contributed by atoms with Crippen molar-refractivity contribution in [3.05, 3.63) is 89.2 Å². The van der Waals surface area contributed by atoms with Gasteiger partial charge in [0.2, 0.25) is 0 Å². The Morgan fingerprint density at radius 1 is 1.03 bits per heavy atom. The molecule has 2 aromatic carbocycles. The number of carbonyl (C=O) groups is 1. The van der Waals surface area contributed by atoms with Crippen LogP contribution in [0.1, 0.15) is 40.0 Å². The lowest BCUT2D eigenvalue weighted by molar-refractivity contribution is 0.0907. The van der Waals surface area contributed by atoms with E-state index in [2.05, 4.69) is 19.9 Å². The van der Waals surface area contributed by atoms with E-state index in [0.29, 0.717) is 11.3 Å². The molecule has 2 heterocycles. The standard InChI is InChI=1S/C26H30N4O3S/c1-19-6-9-22(10-7-19)29-34(32,33)24-11-8-20(2)25(17-24)26(31)28-21-12-15-30(16-13-21)18-23-5-3-4-14-27-23/h3-11,14,17,21,29H,12-13,15-16,18H2,1-2H3,(H,28,31). The van der Waals surface area contributed by atoms with Crippen molar-refractivity contribution in [2.45, 2.75) is 44.2 Å². The number of amides is 1. The monoisotopic (exact) mass is 478 g/mol. The Hall–Kier alpha value is -3.23. The minimum absolute atomic E-state index is 0.0535. The lowest BCUT2D eigenvalue weighted by Crippen LogP contribution is -2.44. The number of carbonyl (C=O) groups excluding carboxylic acids is 1. The van der Waals surface area contributed by atoms with Gasteiger partial charge in [-0.2, -0.15) is 0 Å². The van der Waals surface area contributed by atoms with Gasteiger partial charge in [0.25, 0.3) is 15.9 Å². The van der Waals surface area contributed by atoms with E-state index in [-0.39, 0.29) is 16.8 Å². The van der Waals surface area contributed by atoms with Crippen molar-refractivity contribution >= 4 is 21.6 Å². The molecule has 0 bridgehead atoms. The Morgan fingerprint density at radius 3 is 2.44 bits per heavy atom. The van der Waals surface area contributed by atoms with E-state index >= 15 is 0 Å². The van der Waals surface area contributed by atoms with Crippen LogP contribution < -0.4 is 10.0 Å². The van der Waals surface area contributed by atoms with Crippen LogP contribution in [0.3, 0.4) is 0 Å². The summed E-state index contributed by atoms with van der Waals surface area (Å²) in [6, 6.07) is 17.7. The van der Waals surface area contributed by atoms with E-state index in [4.69, 9.17) is 0 Å². The number of nitrogens with one attached hydrogen (secondary N) is 2. The molecule has 8 heteroatoms. The second-order valence-corrected chi connectivity index (χ2v) is 10.5. The fourth-order valence-corrected chi connectivity index (χ4v) is 5.15. The van der Waals surface area contributed by atoms with Crippen LogP contribution in [-0.2, 0) is 16.6 Å². The van der Waals surface area contributed by atoms with E-state index in [1.54, 1.807) is 24.4 Å². The van der Waals surface area contributed by atoms with Crippen LogP contribution in [-0.4, -0.2) is 43.3 Å². The Morgan fingerprint density at radius 2 is 1.76 bits per heavy atom. The minimum Gasteiger partial charge on any atom is -0.349 e. The molecule has 0 aliphatic carbocycles. The molecule has 4 rings (SSSR count). The van der Waals surface area contributed by atoms with E-state index in [9.17, 15) is 13.2 Å². The van der Waals surface area contributed by atoms with Gasteiger partial charge in [-0.3, -0.25) is 19.4 Å². The zero-order valence-electron chi connectivity index (χ0n) is 19.5. The highest BCUT2D eigenvalue weighted by Crippen LogP contribution is 2.21. The first-order valence-electron chi connectivity index (χ1n) is 11.4. The molecular weight excluding hydrogens is 448 g/mol. The van der Waals surface area contributed by atoms with Crippen LogP contribution in [0.2, 0.25) is 0 Å². The first kappa shape index (κ1) is 23.9. The van der Waals surface area contributed by atoms with Crippen molar-refractivity contribution < 1.29 is 13.2 Å². The lowest BCUT2D eigenvalue weighted by Gasteiger charge is -2.32. The fraction of sp³-hybridized carbons (Fsp3) is 0.308. The molecule has 1 aliphatic rings. The molecule has 0 atom stereocenters. The van der Waals surface area contributed by atoms with Crippen molar-refractivity contribution in [2.75, 3.05) is 17.8 Å². The topological polar surface area (TPSA) is 91.4 Å². The average Bonchev–Trinajstić information content (AvgIpc) is 2.82. The highest BCUT2D eigenvalue weighted by Gasteiger charge is 2.23. The average molecular weight is 479 g/mol. The molecule has 0 radical (unpaired) electrons. The number of anilines is 1. The van der Waals surface area contributed by atoms with Gasteiger partial charge in [0.15, 0.2) is 0 Å². The van der Waals surface area contributed by atoms with E-state index < -0.39 is 10.0 Å². The molecule has 34 heavy (non-hydrogen) atoms. The number of aryl methyl sites for hydroxylation is 2. The summed E-state index contributed by atoms with van der Waals surface area (Å²) < 4.78 is 28.4.